The molecule has 2 aromatic rings. The predicted octanol–water partition coefficient (Wildman–Crippen LogP) is 3.43. The van der Waals surface area contributed by atoms with Crippen LogP contribution in [0.25, 0.3) is 11.0 Å². The van der Waals surface area contributed by atoms with Crippen molar-refractivity contribution in [3.05, 3.63) is 16.1 Å². The van der Waals surface area contributed by atoms with Gasteiger partial charge in [0, 0.05) is 25.7 Å². The van der Waals surface area contributed by atoms with Crippen LogP contribution in [0.1, 0.15) is 13.8 Å². The molecular weight excluding hydrogens is 315 g/mol. The van der Waals surface area contributed by atoms with Gasteiger partial charge >= 0.3 is 0 Å². The molecule has 1 aliphatic rings. The molecule has 2 heterocycles. The molecule has 7 heteroatoms. The Kier molecular flexibility index (Phi) is 4.04. The van der Waals surface area contributed by atoms with Gasteiger partial charge in [0.15, 0.2) is 0 Å². The van der Waals surface area contributed by atoms with Gasteiger partial charge in [-0.15, -0.1) is 0 Å². The fraction of sp³-hybridized carbons (Fsp3) is 0.538. The van der Waals surface area contributed by atoms with Crippen molar-refractivity contribution in [1.82, 2.24) is 14.1 Å². The fourth-order valence-electron chi connectivity index (χ4n) is 2.59. The minimum atomic E-state index is 0.456. The molecule has 20 heavy (non-hydrogen) atoms. The molecule has 1 fully saturated rings. The molecule has 3 rings (SSSR count). The number of benzene rings is 1. The summed E-state index contributed by atoms with van der Waals surface area (Å²) in [7, 11) is 0. The van der Waals surface area contributed by atoms with E-state index in [0.29, 0.717) is 22.0 Å². The molecule has 1 aromatic heterocycles. The Morgan fingerprint density at radius 1 is 1.30 bits per heavy atom. The monoisotopic (exact) mass is 330 g/mol. The van der Waals surface area contributed by atoms with Gasteiger partial charge in [0.1, 0.15) is 11.0 Å². The van der Waals surface area contributed by atoms with E-state index >= 15 is 0 Å². The van der Waals surface area contributed by atoms with Gasteiger partial charge in [0.25, 0.3) is 0 Å². The minimum absolute atomic E-state index is 0.456. The lowest BCUT2D eigenvalue weighted by molar-refractivity contribution is 0.369. The van der Waals surface area contributed by atoms with E-state index in [2.05, 4.69) is 32.8 Å². The lowest BCUT2D eigenvalue weighted by atomic mass is 10.0. The Balaban J connectivity index is 2.03. The normalized spacial score (nSPS) is 20.1. The van der Waals surface area contributed by atoms with Gasteiger partial charge in [0.2, 0.25) is 0 Å². The van der Waals surface area contributed by atoms with Gasteiger partial charge in [0.05, 0.1) is 27.5 Å². The summed E-state index contributed by atoms with van der Waals surface area (Å²) < 4.78 is 8.65. The van der Waals surface area contributed by atoms with Crippen molar-refractivity contribution in [3.8, 4) is 0 Å². The summed E-state index contributed by atoms with van der Waals surface area (Å²) in [5.41, 5.74) is 2.53. The first-order chi connectivity index (χ1) is 9.58. The average molecular weight is 331 g/mol. The van der Waals surface area contributed by atoms with Gasteiger partial charge < -0.3 is 10.2 Å². The summed E-state index contributed by atoms with van der Waals surface area (Å²) in [6.07, 6.45) is 0. The lowest BCUT2D eigenvalue weighted by Gasteiger charge is -2.37. The van der Waals surface area contributed by atoms with Crippen LogP contribution >= 0.6 is 34.9 Å². The highest BCUT2D eigenvalue weighted by atomic mass is 35.5. The molecule has 108 valence electrons. The van der Waals surface area contributed by atoms with E-state index in [1.807, 2.05) is 0 Å². The number of nitrogens with one attached hydrogen (secondary N) is 1. The third-order valence-corrected chi connectivity index (χ3v) is 4.85. The standard InChI is InChI=1S/C13H16Cl2N4S/c1-7(2)10-6-19(4-3-16-10)13-9(15)5-8(14)11-12(13)18-20-17-11/h5,7,10,16H,3-4,6H2,1-2H3. The second-order valence-electron chi connectivity index (χ2n) is 5.40. The quantitative estimate of drug-likeness (QED) is 0.915. The molecule has 4 nitrogen and oxygen atoms in total. The summed E-state index contributed by atoms with van der Waals surface area (Å²) in [5, 5.41) is 4.77. The number of aromatic nitrogens is 2. The molecule has 0 saturated carbocycles. The lowest BCUT2D eigenvalue weighted by Crippen LogP contribution is -2.53. The second kappa shape index (κ2) is 5.64. The first-order valence-corrected chi connectivity index (χ1v) is 8.15. The number of halogens is 2. The molecule has 1 aliphatic heterocycles. The molecule has 0 spiro atoms. The number of hydrogen-bond donors (Lipinski definition) is 1. The molecule has 1 aromatic carbocycles. The number of nitrogens with zero attached hydrogens (tertiary/aromatic N) is 3. The van der Waals surface area contributed by atoms with E-state index in [1.165, 1.54) is 11.7 Å². The Bertz CT molecular complexity index is 628. The number of hydrogen-bond acceptors (Lipinski definition) is 5. The smallest absolute Gasteiger partial charge is 0.131 e. The topological polar surface area (TPSA) is 41.1 Å². The summed E-state index contributed by atoms with van der Waals surface area (Å²) in [6.45, 7) is 7.24. The van der Waals surface area contributed by atoms with Gasteiger partial charge in [-0.05, 0) is 12.0 Å². The highest BCUT2D eigenvalue weighted by Gasteiger charge is 2.26. The highest BCUT2D eigenvalue weighted by Crippen LogP contribution is 2.38. The molecule has 0 bridgehead atoms. The van der Waals surface area contributed by atoms with Crippen LogP contribution in [0.4, 0.5) is 5.69 Å². The van der Waals surface area contributed by atoms with Crippen LogP contribution in [-0.2, 0) is 0 Å². The Morgan fingerprint density at radius 2 is 2.05 bits per heavy atom. The zero-order valence-corrected chi connectivity index (χ0v) is 13.7. The molecule has 1 saturated heterocycles. The number of fused-ring (bicyclic) bond motifs is 1. The van der Waals surface area contributed by atoms with Crippen molar-refractivity contribution in [1.29, 1.82) is 0 Å². The minimum Gasteiger partial charge on any atom is -0.366 e. The summed E-state index contributed by atoms with van der Waals surface area (Å²) in [4.78, 5) is 2.30. The third kappa shape index (κ3) is 2.48. The number of rotatable bonds is 2. The summed E-state index contributed by atoms with van der Waals surface area (Å²) in [6, 6.07) is 2.23. The van der Waals surface area contributed by atoms with Crippen molar-refractivity contribution < 1.29 is 0 Å². The van der Waals surface area contributed by atoms with Crippen LogP contribution in [0.15, 0.2) is 6.07 Å². The molecule has 0 radical (unpaired) electrons. The third-order valence-electron chi connectivity index (χ3n) is 3.75. The Hall–Kier alpha value is -0.620. The van der Waals surface area contributed by atoms with Crippen molar-refractivity contribution in [2.45, 2.75) is 19.9 Å². The van der Waals surface area contributed by atoms with Crippen LogP contribution in [-0.4, -0.2) is 34.4 Å². The zero-order valence-electron chi connectivity index (χ0n) is 11.4. The van der Waals surface area contributed by atoms with Crippen molar-refractivity contribution in [2.75, 3.05) is 24.5 Å². The van der Waals surface area contributed by atoms with Gasteiger partial charge in [-0.1, -0.05) is 37.0 Å². The maximum absolute atomic E-state index is 6.42. The van der Waals surface area contributed by atoms with Gasteiger partial charge in [-0.25, -0.2) is 0 Å². The SMILES string of the molecule is CC(C)C1CN(c2c(Cl)cc(Cl)c3nsnc23)CCN1. The molecular formula is C13H16Cl2N4S. The Morgan fingerprint density at radius 3 is 2.80 bits per heavy atom. The van der Waals surface area contributed by atoms with Crippen LogP contribution in [0.5, 0.6) is 0 Å². The van der Waals surface area contributed by atoms with E-state index in [1.54, 1.807) is 6.07 Å². The van der Waals surface area contributed by atoms with E-state index in [0.717, 1.165) is 36.4 Å². The van der Waals surface area contributed by atoms with Crippen molar-refractivity contribution in [3.63, 3.8) is 0 Å². The zero-order chi connectivity index (χ0) is 14.3. The first-order valence-electron chi connectivity index (χ1n) is 6.66. The molecule has 0 amide bonds. The number of piperazine rings is 1. The summed E-state index contributed by atoms with van der Waals surface area (Å²) in [5.74, 6) is 0.577. The highest BCUT2D eigenvalue weighted by molar-refractivity contribution is 7.00. The largest absolute Gasteiger partial charge is 0.366 e. The molecule has 0 aliphatic carbocycles. The van der Waals surface area contributed by atoms with Crippen molar-refractivity contribution >= 4 is 51.7 Å². The maximum atomic E-state index is 6.42. The van der Waals surface area contributed by atoms with E-state index in [4.69, 9.17) is 23.2 Å². The fourth-order valence-corrected chi connectivity index (χ4v) is 3.82. The van der Waals surface area contributed by atoms with E-state index < -0.39 is 0 Å². The van der Waals surface area contributed by atoms with Crippen LogP contribution in [0.2, 0.25) is 10.0 Å². The number of anilines is 1. The van der Waals surface area contributed by atoms with Crippen LogP contribution < -0.4 is 10.2 Å². The van der Waals surface area contributed by atoms with Crippen LogP contribution in [0.3, 0.4) is 0 Å². The summed E-state index contributed by atoms with van der Waals surface area (Å²) >= 11 is 13.8. The maximum Gasteiger partial charge on any atom is 0.131 e. The molecule has 1 unspecified atom stereocenters. The average Bonchev–Trinajstić information content (AvgIpc) is 2.88. The van der Waals surface area contributed by atoms with Crippen LogP contribution in [0, 0.1) is 5.92 Å². The predicted molar refractivity (Wildman–Crippen MR) is 86.3 cm³/mol. The van der Waals surface area contributed by atoms with Crippen molar-refractivity contribution in [2.24, 2.45) is 5.92 Å². The van der Waals surface area contributed by atoms with Gasteiger partial charge in [-0.3, -0.25) is 0 Å². The second-order valence-corrected chi connectivity index (χ2v) is 6.74. The molecule has 1 atom stereocenters. The first kappa shape index (κ1) is 14.3. The van der Waals surface area contributed by atoms with E-state index in [-0.39, 0.29) is 0 Å². The van der Waals surface area contributed by atoms with Gasteiger partial charge in [-0.2, -0.15) is 8.75 Å². The van der Waals surface area contributed by atoms with E-state index in [9.17, 15) is 0 Å². The Labute approximate surface area is 132 Å². The molecule has 1 N–H and O–H groups in total.